The smallest absolute Gasteiger partial charge is 0.254 e. The van der Waals surface area contributed by atoms with Gasteiger partial charge >= 0.3 is 0 Å². The van der Waals surface area contributed by atoms with Gasteiger partial charge in [-0.1, -0.05) is 30.3 Å². The summed E-state index contributed by atoms with van der Waals surface area (Å²) in [6.07, 6.45) is 0.571. The van der Waals surface area contributed by atoms with E-state index >= 15 is 0 Å². The van der Waals surface area contributed by atoms with E-state index in [0.717, 1.165) is 5.56 Å². The molecule has 136 valence electrons. The minimum atomic E-state index is -1.21. The Bertz CT molecular complexity index is 806. The monoisotopic (exact) mass is 372 g/mol. The SMILES string of the molecule is COc1ccc([C@H]2[C@H](C(=O)[O-])c3ccccc3C(=O)N2CCCCl)cc1. The van der Waals surface area contributed by atoms with Crippen molar-refractivity contribution in [1.82, 2.24) is 4.90 Å². The van der Waals surface area contributed by atoms with E-state index < -0.39 is 17.9 Å². The third-order valence-corrected chi connectivity index (χ3v) is 4.95. The molecule has 1 heterocycles. The van der Waals surface area contributed by atoms with E-state index in [2.05, 4.69) is 0 Å². The van der Waals surface area contributed by atoms with Crippen LogP contribution in [-0.4, -0.2) is 36.3 Å². The maximum atomic E-state index is 13.0. The first-order valence-corrected chi connectivity index (χ1v) is 8.92. The van der Waals surface area contributed by atoms with Crippen LogP contribution < -0.4 is 9.84 Å². The zero-order chi connectivity index (χ0) is 18.7. The highest BCUT2D eigenvalue weighted by Gasteiger charge is 2.40. The van der Waals surface area contributed by atoms with Crippen LogP contribution in [0.5, 0.6) is 5.75 Å². The number of hydrogen-bond acceptors (Lipinski definition) is 4. The van der Waals surface area contributed by atoms with Crippen molar-refractivity contribution < 1.29 is 19.4 Å². The molecule has 0 fully saturated rings. The summed E-state index contributed by atoms with van der Waals surface area (Å²) in [6, 6.07) is 13.2. The average molecular weight is 373 g/mol. The molecule has 1 amide bonds. The fourth-order valence-electron chi connectivity index (χ4n) is 3.49. The lowest BCUT2D eigenvalue weighted by Crippen LogP contribution is -2.48. The lowest BCUT2D eigenvalue weighted by Gasteiger charge is -2.43. The third-order valence-electron chi connectivity index (χ3n) is 4.68. The molecule has 0 aliphatic carbocycles. The number of nitrogens with zero attached hydrogens (tertiary/aromatic N) is 1. The summed E-state index contributed by atoms with van der Waals surface area (Å²) in [6.45, 7) is 0.372. The molecule has 0 bridgehead atoms. The average Bonchev–Trinajstić information content (AvgIpc) is 2.67. The van der Waals surface area contributed by atoms with Gasteiger partial charge in [0, 0.05) is 23.9 Å². The number of ether oxygens (including phenoxy) is 1. The Morgan fingerprint density at radius 3 is 2.50 bits per heavy atom. The molecule has 0 radical (unpaired) electrons. The molecule has 0 saturated carbocycles. The zero-order valence-corrected chi connectivity index (χ0v) is 15.1. The Hall–Kier alpha value is -2.53. The maximum absolute atomic E-state index is 13.0. The highest BCUT2D eigenvalue weighted by atomic mass is 35.5. The molecular formula is C20H19ClNO4-. The van der Waals surface area contributed by atoms with Crippen LogP contribution in [0.4, 0.5) is 0 Å². The summed E-state index contributed by atoms with van der Waals surface area (Å²) >= 11 is 5.82. The van der Waals surface area contributed by atoms with Crippen molar-refractivity contribution >= 4 is 23.5 Å². The van der Waals surface area contributed by atoms with Gasteiger partial charge in [0.05, 0.1) is 19.1 Å². The second-order valence-corrected chi connectivity index (χ2v) is 6.52. The normalized spacial score (nSPS) is 19.2. The summed E-state index contributed by atoms with van der Waals surface area (Å²) in [4.78, 5) is 26.7. The fraction of sp³-hybridized carbons (Fsp3) is 0.300. The van der Waals surface area contributed by atoms with Crippen molar-refractivity contribution in [3.8, 4) is 5.75 Å². The number of amides is 1. The lowest BCUT2D eigenvalue weighted by molar-refractivity contribution is -0.309. The first-order chi connectivity index (χ1) is 12.6. The van der Waals surface area contributed by atoms with Gasteiger partial charge in [-0.05, 0) is 35.7 Å². The molecule has 2 atom stereocenters. The van der Waals surface area contributed by atoms with Crippen molar-refractivity contribution in [2.24, 2.45) is 0 Å². The van der Waals surface area contributed by atoms with Crippen LogP contribution in [0.2, 0.25) is 0 Å². The number of fused-ring (bicyclic) bond motifs is 1. The van der Waals surface area contributed by atoms with E-state index in [1.807, 2.05) is 0 Å². The standard InChI is InChI=1S/C20H20ClNO4/c1-26-14-9-7-13(8-10-14)18-17(20(24)25)15-5-2-3-6-16(15)19(23)22(18)12-4-11-21/h2-3,5-10,17-18H,4,11-12H2,1H3,(H,24,25)/p-1/t17-,18+/m1/s1. The van der Waals surface area contributed by atoms with Crippen LogP contribution in [0.1, 0.15) is 39.9 Å². The summed E-state index contributed by atoms with van der Waals surface area (Å²) in [5.74, 6) is -1.30. The van der Waals surface area contributed by atoms with Crippen LogP contribution in [0.3, 0.4) is 0 Å². The Balaban J connectivity index is 2.14. The number of carboxylic acid groups (broad SMARTS) is 1. The highest BCUT2D eigenvalue weighted by molar-refractivity contribution is 6.17. The maximum Gasteiger partial charge on any atom is 0.254 e. The molecule has 26 heavy (non-hydrogen) atoms. The second-order valence-electron chi connectivity index (χ2n) is 6.14. The largest absolute Gasteiger partial charge is 0.549 e. The minimum absolute atomic E-state index is 0.191. The van der Waals surface area contributed by atoms with Gasteiger partial charge in [0.15, 0.2) is 0 Å². The van der Waals surface area contributed by atoms with E-state index in [-0.39, 0.29) is 5.91 Å². The van der Waals surface area contributed by atoms with Gasteiger partial charge in [-0.3, -0.25) is 4.79 Å². The molecule has 6 heteroatoms. The fourth-order valence-corrected chi connectivity index (χ4v) is 3.61. The molecule has 0 spiro atoms. The van der Waals surface area contributed by atoms with Crippen molar-refractivity contribution in [2.45, 2.75) is 18.4 Å². The number of carbonyl (C=O) groups is 2. The van der Waals surface area contributed by atoms with Gasteiger partial charge in [-0.25, -0.2) is 0 Å². The predicted octanol–water partition coefficient (Wildman–Crippen LogP) is 2.35. The van der Waals surface area contributed by atoms with Gasteiger partial charge < -0.3 is 19.5 Å². The molecular weight excluding hydrogens is 354 g/mol. The number of carbonyl (C=O) groups excluding carboxylic acids is 2. The van der Waals surface area contributed by atoms with E-state index in [1.54, 1.807) is 60.5 Å². The first-order valence-electron chi connectivity index (χ1n) is 8.39. The molecule has 2 aromatic carbocycles. The van der Waals surface area contributed by atoms with E-state index in [1.165, 1.54) is 0 Å². The van der Waals surface area contributed by atoms with E-state index in [4.69, 9.17) is 16.3 Å². The Kier molecular flexibility index (Phi) is 5.47. The molecule has 0 saturated heterocycles. The van der Waals surface area contributed by atoms with Crippen molar-refractivity contribution in [2.75, 3.05) is 19.5 Å². The first kappa shape index (κ1) is 18.3. The summed E-state index contributed by atoms with van der Waals surface area (Å²) < 4.78 is 5.17. The number of benzene rings is 2. The summed E-state index contributed by atoms with van der Waals surface area (Å²) in [5.41, 5.74) is 1.61. The number of methoxy groups -OCH3 is 1. The summed E-state index contributed by atoms with van der Waals surface area (Å²) in [5, 5.41) is 12.1. The number of carboxylic acids is 1. The molecule has 0 aromatic heterocycles. The van der Waals surface area contributed by atoms with Gasteiger partial charge in [0.2, 0.25) is 0 Å². The second kappa shape index (κ2) is 7.79. The number of aliphatic carboxylic acids is 1. The van der Waals surface area contributed by atoms with Crippen LogP contribution in [-0.2, 0) is 4.79 Å². The number of hydrogen-bond donors (Lipinski definition) is 0. The van der Waals surface area contributed by atoms with Crippen LogP contribution in [0.15, 0.2) is 48.5 Å². The van der Waals surface area contributed by atoms with Crippen molar-refractivity contribution in [3.05, 3.63) is 65.2 Å². The van der Waals surface area contributed by atoms with Crippen LogP contribution in [0, 0.1) is 0 Å². The topological polar surface area (TPSA) is 69.7 Å². The van der Waals surface area contributed by atoms with Gasteiger partial charge in [-0.2, -0.15) is 0 Å². The van der Waals surface area contributed by atoms with Gasteiger partial charge in [-0.15, -0.1) is 11.6 Å². The zero-order valence-electron chi connectivity index (χ0n) is 14.4. The number of halogens is 1. The molecule has 1 aliphatic heterocycles. The van der Waals surface area contributed by atoms with Crippen LogP contribution >= 0.6 is 11.6 Å². The van der Waals surface area contributed by atoms with E-state index in [9.17, 15) is 14.7 Å². The van der Waals surface area contributed by atoms with E-state index in [0.29, 0.717) is 35.7 Å². The Morgan fingerprint density at radius 2 is 1.88 bits per heavy atom. The van der Waals surface area contributed by atoms with Crippen molar-refractivity contribution in [1.29, 1.82) is 0 Å². The Labute approximate surface area is 157 Å². The lowest BCUT2D eigenvalue weighted by atomic mass is 9.79. The highest BCUT2D eigenvalue weighted by Crippen LogP contribution is 2.42. The van der Waals surface area contributed by atoms with Crippen molar-refractivity contribution in [3.63, 3.8) is 0 Å². The molecule has 0 N–H and O–H groups in total. The minimum Gasteiger partial charge on any atom is -0.549 e. The predicted molar refractivity (Wildman–Crippen MR) is 96.3 cm³/mol. The summed E-state index contributed by atoms with van der Waals surface area (Å²) in [7, 11) is 1.56. The van der Waals surface area contributed by atoms with Gasteiger partial charge in [0.1, 0.15) is 5.75 Å². The molecule has 0 unspecified atom stereocenters. The van der Waals surface area contributed by atoms with Crippen LogP contribution in [0.25, 0.3) is 0 Å². The molecule has 2 aromatic rings. The quantitative estimate of drug-likeness (QED) is 0.730. The molecule has 5 nitrogen and oxygen atoms in total. The number of alkyl halides is 1. The number of rotatable bonds is 6. The van der Waals surface area contributed by atoms with Gasteiger partial charge in [0.25, 0.3) is 5.91 Å². The Morgan fingerprint density at radius 1 is 1.19 bits per heavy atom. The molecule has 3 rings (SSSR count). The third kappa shape index (κ3) is 3.27. The molecule has 1 aliphatic rings.